The summed E-state index contributed by atoms with van der Waals surface area (Å²) in [6, 6.07) is 1.68. The molecule has 2 N–H and O–H groups in total. The summed E-state index contributed by atoms with van der Waals surface area (Å²) in [4.78, 5) is 13.5. The quantitative estimate of drug-likeness (QED) is 0.722. The third-order valence-electron chi connectivity index (χ3n) is 5.08. The van der Waals surface area contributed by atoms with Gasteiger partial charge in [-0.2, -0.15) is 8.42 Å². The lowest BCUT2D eigenvalue weighted by atomic mass is 9.96. The van der Waals surface area contributed by atoms with Crippen LogP contribution in [0.1, 0.15) is 25.8 Å². The number of halogens is 1. The number of fused-ring (bicyclic) bond motifs is 1. The van der Waals surface area contributed by atoms with Gasteiger partial charge in [0, 0.05) is 37.0 Å². The van der Waals surface area contributed by atoms with Crippen molar-refractivity contribution in [2.24, 2.45) is 5.92 Å². The van der Waals surface area contributed by atoms with E-state index < -0.39 is 28.5 Å². The second-order valence-electron chi connectivity index (χ2n) is 7.69. The van der Waals surface area contributed by atoms with Crippen LogP contribution in [-0.4, -0.2) is 54.2 Å². The van der Waals surface area contributed by atoms with Gasteiger partial charge in [-0.1, -0.05) is 13.8 Å². The molecule has 1 atom stereocenters. The van der Waals surface area contributed by atoms with E-state index in [9.17, 15) is 13.2 Å². The van der Waals surface area contributed by atoms with E-state index in [1.54, 1.807) is 6.07 Å². The highest BCUT2D eigenvalue weighted by Crippen LogP contribution is 2.42. The number of carbonyl (C=O) groups is 1. The molecule has 1 unspecified atom stereocenters. The topological polar surface area (TPSA) is 91.0 Å². The second kappa shape index (κ2) is 7.75. The summed E-state index contributed by atoms with van der Waals surface area (Å²) < 4.78 is 47.9. The molecule has 0 aliphatic carbocycles. The Morgan fingerprint density at radius 3 is 2.71 bits per heavy atom. The van der Waals surface area contributed by atoms with Gasteiger partial charge in [0.25, 0.3) is 5.91 Å². The largest absolute Gasteiger partial charge is 0.494 e. The Balaban J connectivity index is 1.98. The molecule has 10 heteroatoms. The molecule has 1 fully saturated rings. The first-order valence-corrected chi connectivity index (χ1v) is 10.7. The molecule has 28 heavy (non-hydrogen) atoms. The molecule has 156 valence electrons. The minimum atomic E-state index is -4.14. The highest BCUT2D eigenvalue weighted by atomic mass is 32.2. The van der Waals surface area contributed by atoms with E-state index in [1.165, 1.54) is 7.11 Å². The van der Waals surface area contributed by atoms with Crippen molar-refractivity contribution in [1.82, 2.24) is 10.0 Å². The van der Waals surface area contributed by atoms with Crippen LogP contribution in [0.15, 0.2) is 6.07 Å². The molecule has 2 heterocycles. The molecule has 1 aromatic rings. The fraction of sp³-hybridized carbons (Fsp3) is 0.611. The molecule has 3 rings (SSSR count). The Morgan fingerprint density at radius 1 is 1.43 bits per heavy atom. The first kappa shape index (κ1) is 20.7. The number of nitrogens with zero attached hydrogens (tertiary/aromatic N) is 2. The number of amides is 1. The molecule has 0 saturated carbocycles. The van der Waals surface area contributed by atoms with Crippen LogP contribution in [0.3, 0.4) is 0 Å². The number of methoxy groups -OCH3 is 1. The monoisotopic (exact) mass is 414 g/mol. The maximum Gasteiger partial charge on any atom is 0.326 e. The zero-order valence-electron chi connectivity index (χ0n) is 16.6. The van der Waals surface area contributed by atoms with Crippen molar-refractivity contribution in [3.8, 4) is 5.75 Å². The van der Waals surface area contributed by atoms with Crippen molar-refractivity contribution in [1.29, 1.82) is 0 Å². The summed E-state index contributed by atoms with van der Waals surface area (Å²) in [7, 11) is -0.922. The normalized spacial score (nSPS) is 21.1. The van der Waals surface area contributed by atoms with Gasteiger partial charge < -0.3 is 15.0 Å². The molecular weight excluding hydrogens is 387 g/mol. The number of ether oxygens (including phenoxy) is 1. The van der Waals surface area contributed by atoms with Crippen LogP contribution in [0.2, 0.25) is 0 Å². The maximum atomic E-state index is 15.5. The van der Waals surface area contributed by atoms with E-state index in [0.717, 1.165) is 17.3 Å². The molecule has 2 aliphatic heterocycles. The highest BCUT2D eigenvalue weighted by Gasteiger charge is 2.39. The van der Waals surface area contributed by atoms with Gasteiger partial charge in [-0.25, -0.2) is 13.4 Å². The minimum absolute atomic E-state index is 0.0435. The average Bonchev–Trinajstić information content (AvgIpc) is 2.87. The number of rotatable bonds is 6. The van der Waals surface area contributed by atoms with Gasteiger partial charge in [0.2, 0.25) is 0 Å². The summed E-state index contributed by atoms with van der Waals surface area (Å²) >= 11 is 0. The van der Waals surface area contributed by atoms with Gasteiger partial charge in [0.05, 0.1) is 7.11 Å². The fourth-order valence-corrected chi connectivity index (χ4v) is 4.82. The van der Waals surface area contributed by atoms with E-state index in [2.05, 4.69) is 19.2 Å². The van der Waals surface area contributed by atoms with Crippen molar-refractivity contribution in [2.75, 3.05) is 43.0 Å². The molecule has 0 aromatic heterocycles. The van der Waals surface area contributed by atoms with E-state index >= 15 is 4.39 Å². The van der Waals surface area contributed by atoms with Crippen LogP contribution in [0.4, 0.5) is 15.8 Å². The molecule has 2 aliphatic rings. The van der Waals surface area contributed by atoms with Crippen LogP contribution in [0, 0.1) is 11.7 Å². The minimum Gasteiger partial charge on any atom is -0.494 e. The SMILES string of the molecule is COc1cc2c(c(F)c1N1CC(=O)NS1(=O)=O)CC(NCCC(C)C)CN2C. The second-order valence-corrected chi connectivity index (χ2v) is 9.29. The summed E-state index contributed by atoms with van der Waals surface area (Å²) in [6.45, 7) is 5.35. The number of hydrogen-bond donors (Lipinski definition) is 2. The Hall–Kier alpha value is -2.07. The molecular formula is C18H27FN4O4S. The summed E-state index contributed by atoms with van der Waals surface area (Å²) in [5.41, 5.74) is 0.855. The first-order chi connectivity index (χ1) is 13.1. The van der Waals surface area contributed by atoms with Crippen LogP contribution < -0.4 is 24.0 Å². The summed E-state index contributed by atoms with van der Waals surface area (Å²) in [5.74, 6) is -0.727. The van der Waals surface area contributed by atoms with Crippen LogP contribution in [-0.2, 0) is 21.4 Å². The van der Waals surface area contributed by atoms with E-state index in [-0.39, 0.29) is 17.5 Å². The van der Waals surface area contributed by atoms with Crippen molar-refractivity contribution in [2.45, 2.75) is 32.7 Å². The fourth-order valence-electron chi connectivity index (χ4n) is 3.66. The Labute approximate surface area is 165 Å². The summed E-state index contributed by atoms with van der Waals surface area (Å²) in [6.07, 6.45) is 1.44. The van der Waals surface area contributed by atoms with Crippen molar-refractivity contribution < 1.29 is 22.3 Å². The lowest BCUT2D eigenvalue weighted by Crippen LogP contribution is -2.45. The molecule has 1 aromatic carbocycles. The predicted molar refractivity (Wildman–Crippen MR) is 106 cm³/mol. The lowest BCUT2D eigenvalue weighted by Gasteiger charge is -2.35. The van der Waals surface area contributed by atoms with Crippen LogP contribution in [0.5, 0.6) is 5.75 Å². The standard InChI is InChI=1S/C18H27FN4O4S/c1-11(2)5-6-20-12-7-13-14(22(3)9-12)8-15(27-4)18(17(13)19)23-10-16(24)21-28(23,25)26/h8,11-12,20H,5-7,9-10H2,1-4H3,(H,21,24). The number of likely N-dealkylation sites (N-methyl/N-ethyl adjacent to an activating group) is 1. The van der Waals surface area contributed by atoms with Gasteiger partial charge in [0.1, 0.15) is 18.0 Å². The molecule has 1 amide bonds. The van der Waals surface area contributed by atoms with E-state index in [4.69, 9.17) is 4.74 Å². The average molecular weight is 415 g/mol. The van der Waals surface area contributed by atoms with Gasteiger partial charge in [-0.3, -0.25) is 4.79 Å². The number of nitrogens with one attached hydrogen (secondary N) is 2. The summed E-state index contributed by atoms with van der Waals surface area (Å²) in [5, 5.41) is 3.45. The smallest absolute Gasteiger partial charge is 0.326 e. The first-order valence-electron chi connectivity index (χ1n) is 9.31. The maximum absolute atomic E-state index is 15.5. The van der Waals surface area contributed by atoms with Crippen molar-refractivity contribution in [3.63, 3.8) is 0 Å². The highest BCUT2D eigenvalue weighted by molar-refractivity contribution is 7.92. The van der Waals surface area contributed by atoms with Crippen LogP contribution >= 0.6 is 0 Å². The van der Waals surface area contributed by atoms with Crippen molar-refractivity contribution in [3.05, 3.63) is 17.4 Å². The van der Waals surface area contributed by atoms with Gasteiger partial charge in [0.15, 0.2) is 5.82 Å². The molecule has 8 nitrogen and oxygen atoms in total. The van der Waals surface area contributed by atoms with Gasteiger partial charge in [-0.15, -0.1) is 0 Å². The Bertz CT molecular complexity index is 875. The number of carbonyl (C=O) groups excluding carboxylic acids is 1. The van der Waals surface area contributed by atoms with Crippen molar-refractivity contribution >= 4 is 27.5 Å². The third-order valence-corrected chi connectivity index (χ3v) is 6.46. The molecule has 1 saturated heterocycles. The number of anilines is 2. The number of hydrogen-bond acceptors (Lipinski definition) is 6. The molecule has 0 radical (unpaired) electrons. The Morgan fingerprint density at radius 2 is 2.14 bits per heavy atom. The van der Waals surface area contributed by atoms with E-state index in [1.807, 2.05) is 16.7 Å². The predicted octanol–water partition coefficient (Wildman–Crippen LogP) is 1.01. The zero-order valence-corrected chi connectivity index (χ0v) is 17.4. The Kier molecular flexibility index (Phi) is 5.72. The zero-order chi connectivity index (χ0) is 20.6. The van der Waals surface area contributed by atoms with Crippen LogP contribution in [0.25, 0.3) is 0 Å². The molecule has 0 bridgehead atoms. The van der Waals surface area contributed by atoms with Gasteiger partial charge in [-0.05, 0) is 25.3 Å². The third kappa shape index (κ3) is 3.88. The molecule has 0 spiro atoms. The lowest BCUT2D eigenvalue weighted by molar-refractivity contribution is -0.117. The number of benzene rings is 1. The van der Waals surface area contributed by atoms with Gasteiger partial charge >= 0.3 is 10.2 Å². The van der Waals surface area contributed by atoms with E-state index in [0.29, 0.717) is 30.1 Å².